The summed E-state index contributed by atoms with van der Waals surface area (Å²) in [5, 5.41) is 5.61. The van der Waals surface area contributed by atoms with Gasteiger partial charge in [-0.15, -0.1) is 0 Å². The fraction of sp³-hybridized carbons (Fsp3) is 0.655. The topological polar surface area (TPSA) is 114 Å². The number of aryl methyl sites for hydroxylation is 1. The van der Waals surface area contributed by atoms with E-state index in [0.717, 1.165) is 12.0 Å². The Morgan fingerprint density at radius 1 is 1.11 bits per heavy atom. The van der Waals surface area contributed by atoms with Crippen LogP contribution in [0.4, 0.5) is 4.79 Å². The van der Waals surface area contributed by atoms with E-state index in [1.165, 1.54) is 0 Å². The Balaban J connectivity index is 2.42. The van der Waals surface area contributed by atoms with Gasteiger partial charge in [0.05, 0.1) is 13.0 Å². The van der Waals surface area contributed by atoms with Gasteiger partial charge in [0.2, 0.25) is 11.8 Å². The van der Waals surface area contributed by atoms with E-state index in [0.29, 0.717) is 12.0 Å². The summed E-state index contributed by atoms with van der Waals surface area (Å²) >= 11 is 0. The minimum atomic E-state index is -0.924. The second-order valence-electron chi connectivity index (χ2n) is 11.2. The molecule has 1 aromatic rings. The average Bonchev–Trinajstić information content (AvgIpc) is 3.55. The third-order valence-electron chi connectivity index (χ3n) is 6.68. The molecular weight excluding hydrogens is 486 g/mol. The number of carbonyl (C=O) groups is 4. The van der Waals surface area contributed by atoms with E-state index in [4.69, 9.17) is 9.47 Å². The van der Waals surface area contributed by atoms with Crippen LogP contribution in [0.5, 0.6) is 0 Å². The number of esters is 1. The summed E-state index contributed by atoms with van der Waals surface area (Å²) in [5.41, 5.74) is 0.968. The highest BCUT2D eigenvalue weighted by Crippen LogP contribution is 2.41. The first-order valence-corrected chi connectivity index (χ1v) is 13.6. The van der Waals surface area contributed by atoms with Crippen molar-refractivity contribution in [1.82, 2.24) is 15.5 Å². The summed E-state index contributed by atoms with van der Waals surface area (Å²) in [7, 11) is 0. The van der Waals surface area contributed by atoms with Crippen LogP contribution in [0.1, 0.15) is 84.9 Å². The average molecular weight is 532 g/mol. The molecule has 2 N–H and O–H groups in total. The summed E-state index contributed by atoms with van der Waals surface area (Å²) in [6.45, 7) is 15.2. The first-order chi connectivity index (χ1) is 17.8. The second-order valence-corrected chi connectivity index (χ2v) is 11.2. The first-order valence-electron chi connectivity index (χ1n) is 13.6. The highest BCUT2D eigenvalue weighted by atomic mass is 16.6. The molecule has 38 heavy (non-hydrogen) atoms. The molecule has 0 aromatic heterocycles. The Kier molecular flexibility index (Phi) is 11.2. The van der Waals surface area contributed by atoms with E-state index in [2.05, 4.69) is 10.6 Å². The molecule has 0 bridgehead atoms. The highest BCUT2D eigenvalue weighted by Gasteiger charge is 2.48. The molecule has 212 valence electrons. The summed E-state index contributed by atoms with van der Waals surface area (Å²) in [4.78, 5) is 54.0. The largest absolute Gasteiger partial charge is 0.466 e. The number of ether oxygens (including phenoxy) is 2. The van der Waals surface area contributed by atoms with E-state index >= 15 is 0 Å². The zero-order valence-corrected chi connectivity index (χ0v) is 24.1. The van der Waals surface area contributed by atoms with Gasteiger partial charge in [-0.2, -0.15) is 0 Å². The Bertz CT molecular complexity index is 972. The van der Waals surface area contributed by atoms with Crippen LogP contribution in [0, 0.1) is 18.8 Å². The number of nitrogens with zero attached hydrogens (tertiary/aromatic N) is 1. The van der Waals surface area contributed by atoms with Crippen molar-refractivity contribution in [2.75, 3.05) is 13.2 Å². The molecule has 1 aliphatic rings. The standard InChI is InChI=1S/C29H45N3O6/c1-9-19(4)24(31-28(36)38-29(6,7)8)27(35)32(22-17-20(22)5)25(21-13-11-18(3)12-14-21)26(34)30-16-15-23(33)37-10-2/h11-14,19-20,22,24-25H,9-10,15-17H2,1-8H3,(H,30,34)(H,31,36). The van der Waals surface area contributed by atoms with Crippen molar-refractivity contribution in [1.29, 1.82) is 0 Å². The van der Waals surface area contributed by atoms with Gasteiger partial charge in [-0.05, 0) is 58.4 Å². The van der Waals surface area contributed by atoms with Crippen molar-refractivity contribution >= 4 is 23.9 Å². The van der Waals surface area contributed by atoms with E-state index in [1.54, 1.807) is 32.6 Å². The van der Waals surface area contributed by atoms with Crippen molar-refractivity contribution in [2.24, 2.45) is 11.8 Å². The van der Waals surface area contributed by atoms with Crippen molar-refractivity contribution in [2.45, 2.75) is 98.4 Å². The third kappa shape index (κ3) is 9.03. The van der Waals surface area contributed by atoms with Crippen LogP contribution in [-0.2, 0) is 23.9 Å². The molecule has 2 rings (SSSR count). The van der Waals surface area contributed by atoms with Gasteiger partial charge in [0.25, 0.3) is 0 Å². The number of alkyl carbamates (subject to hydrolysis) is 1. The maximum atomic E-state index is 14.2. The van der Waals surface area contributed by atoms with E-state index in [9.17, 15) is 19.2 Å². The van der Waals surface area contributed by atoms with Gasteiger partial charge in [-0.3, -0.25) is 14.4 Å². The molecule has 1 aromatic carbocycles. The van der Waals surface area contributed by atoms with Gasteiger partial charge in [-0.1, -0.05) is 57.0 Å². The Morgan fingerprint density at radius 2 is 1.71 bits per heavy atom. The predicted octanol–water partition coefficient (Wildman–Crippen LogP) is 4.28. The van der Waals surface area contributed by atoms with Gasteiger partial charge in [0.15, 0.2) is 0 Å². The molecule has 1 aliphatic carbocycles. The smallest absolute Gasteiger partial charge is 0.408 e. The number of rotatable bonds is 12. The van der Waals surface area contributed by atoms with Crippen LogP contribution in [0.2, 0.25) is 0 Å². The zero-order valence-electron chi connectivity index (χ0n) is 24.1. The van der Waals surface area contributed by atoms with Crippen LogP contribution >= 0.6 is 0 Å². The lowest BCUT2D eigenvalue weighted by molar-refractivity contribution is -0.145. The molecule has 5 unspecified atom stereocenters. The Hall–Kier alpha value is -3.10. The maximum absolute atomic E-state index is 14.2. The van der Waals surface area contributed by atoms with Crippen molar-refractivity contribution in [3.63, 3.8) is 0 Å². The molecule has 0 saturated heterocycles. The highest BCUT2D eigenvalue weighted by molar-refractivity contribution is 5.93. The van der Waals surface area contributed by atoms with E-state index in [-0.39, 0.29) is 49.3 Å². The fourth-order valence-corrected chi connectivity index (χ4v) is 4.26. The molecule has 0 spiro atoms. The monoisotopic (exact) mass is 531 g/mol. The maximum Gasteiger partial charge on any atom is 0.408 e. The Labute approximate surface area is 227 Å². The van der Waals surface area contributed by atoms with Crippen LogP contribution in [0.25, 0.3) is 0 Å². The van der Waals surface area contributed by atoms with Gasteiger partial charge in [0.1, 0.15) is 17.7 Å². The zero-order chi connectivity index (χ0) is 28.6. The van der Waals surface area contributed by atoms with E-state index in [1.807, 2.05) is 52.0 Å². The van der Waals surface area contributed by atoms with Crippen molar-refractivity contribution in [3.8, 4) is 0 Å². The van der Waals surface area contributed by atoms with Gasteiger partial charge >= 0.3 is 12.1 Å². The molecule has 0 radical (unpaired) electrons. The lowest BCUT2D eigenvalue weighted by Crippen LogP contribution is -2.56. The molecular formula is C29H45N3O6. The molecule has 1 fully saturated rings. The quantitative estimate of drug-likeness (QED) is 0.389. The van der Waals surface area contributed by atoms with Crippen molar-refractivity contribution in [3.05, 3.63) is 35.4 Å². The van der Waals surface area contributed by atoms with Crippen LogP contribution < -0.4 is 10.6 Å². The lowest BCUT2D eigenvalue weighted by atomic mass is 9.95. The SMILES string of the molecule is CCOC(=O)CCNC(=O)C(c1ccc(C)cc1)N(C(=O)C(NC(=O)OC(C)(C)C)C(C)CC)C1CC1C. The van der Waals surface area contributed by atoms with Crippen LogP contribution in [0.3, 0.4) is 0 Å². The van der Waals surface area contributed by atoms with Gasteiger partial charge < -0.3 is 25.0 Å². The van der Waals surface area contributed by atoms with Gasteiger partial charge in [-0.25, -0.2) is 4.79 Å². The first kappa shape index (κ1) is 31.1. The summed E-state index contributed by atoms with van der Waals surface area (Å²) in [5.74, 6) is -1.10. The predicted molar refractivity (Wildman–Crippen MR) is 145 cm³/mol. The third-order valence-corrected chi connectivity index (χ3v) is 6.68. The molecule has 9 heteroatoms. The molecule has 0 aliphatic heterocycles. The van der Waals surface area contributed by atoms with Crippen LogP contribution in [-0.4, -0.2) is 59.6 Å². The molecule has 9 nitrogen and oxygen atoms in total. The van der Waals surface area contributed by atoms with Crippen molar-refractivity contribution < 1.29 is 28.7 Å². The number of hydrogen-bond donors (Lipinski definition) is 2. The molecule has 0 heterocycles. The fourth-order valence-electron chi connectivity index (χ4n) is 4.26. The number of amides is 3. The Morgan fingerprint density at radius 3 is 2.21 bits per heavy atom. The summed E-state index contributed by atoms with van der Waals surface area (Å²) < 4.78 is 10.4. The second kappa shape index (κ2) is 13.6. The minimum absolute atomic E-state index is 0.0314. The normalized spacial score (nSPS) is 18.9. The number of nitrogens with one attached hydrogen (secondary N) is 2. The molecule has 5 atom stereocenters. The minimum Gasteiger partial charge on any atom is -0.466 e. The van der Waals surface area contributed by atoms with E-state index < -0.39 is 29.7 Å². The van der Waals surface area contributed by atoms with Crippen LogP contribution in [0.15, 0.2) is 24.3 Å². The summed E-state index contributed by atoms with van der Waals surface area (Å²) in [6, 6.07) is 5.54. The molecule has 3 amide bonds. The molecule has 1 saturated carbocycles. The number of hydrogen-bond acceptors (Lipinski definition) is 6. The lowest BCUT2D eigenvalue weighted by Gasteiger charge is -2.36. The number of carbonyl (C=O) groups excluding carboxylic acids is 4. The number of benzene rings is 1. The summed E-state index contributed by atoms with van der Waals surface area (Å²) in [6.07, 6.45) is 0.750. The van der Waals surface area contributed by atoms with Gasteiger partial charge in [0, 0.05) is 12.6 Å².